The van der Waals surface area contributed by atoms with Crippen LogP contribution < -0.4 is 9.47 Å². The van der Waals surface area contributed by atoms with Crippen molar-refractivity contribution in [1.82, 2.24) is 9.38 Å². The summed E-state index contributed by atoms with van der Waals surface area (Å²) in [6, 6.07) is 9.96. The van der Waals surface area contributed by atoms with Crippen molar-refractivity contribution in [2.75, 3.05) is 13.2 Å². The molecule has 0 fully saturated rings. The smallest absolute Gasteiger partial charge is 0.162 e. The van der Waals surface area contributed by atoms with Gasteiger partial charge in [-0.25, -0.2) is 4.98 Å². The molecule has 0 unspecified atom stereocenters. The van der Waals surface area contributed by atoms with Crippen LogP contribution in [0.4, 0.5) is 0 Å². The predicted octanol–water partition coefficient (Wildman–Crippen LogP) is 3.82. The molecule has 0 spiro atoms. The van der Waals surface area contributed by atoms with Crippen LogP contribution in [0.25, 0.3) is 16.9 Å². The van der Waals surface area contributed by atoms with Crippen LogP contribution >= 0.6 is 11.6 Å². The Morgan fingerprint density at radius 2 is 2.00 bits per heavy atom. The molecule has 0 bridgehead atoms. The number of rotatable bonds is 2. The first-order chi connectivity index (χ1) is 10.8. The number of benzene rings is 1. The van der Waals surface area contributed by atoms with Gasteiger partial charge in [0.1, 0.15) is 18.9 Å². The minimum absolute atomic E-state index is 0.397. The molecule has 0 aliphatic carbocycles. The van der Waals surface area contributed by atoms with E-state index >= 15 is 0 Å². The zero-order valence-corrected chi connectivity index (χ0v) is 12.9. The molecule has 4 nitrogen and oxygen atoms in total. The van der Waals surface area contributed by atoms with E-state index in [9.17, 15) is 0 Å². The highest BCUT2D eigenvalue weighted by molar-refractivity contribution is 6.17. The molecule has 3 aromatic rings. The number of hydrogen-bond acceptors (Lipinski definition) is 3. The summed E-state index contributed by atoms with van der Waals surface area (Å²) >= 11 is 6.18. The summed E-state index contributed by atoms with van der Waals surface area (Å²) in [6.07, 6.45) is 1.99. The number of aromatic nitrogens is 2. The summed E-state index contributed by atoms with van der Waals surface area (Å²) in [5.41, 5.74) is 4.92. The average Bonchev–Trinajstić information content (AvgIpc) is 2.94. The van der Waals surface area contributed by atoms with Crippen LogP contribution in [0, 0.1) is 6.92 Å². The van der Waals surface area contributed by atoms with Crippen molar-refractivity contribution in [1.29, 1.82) is 0 Å². The lowest BCUT2D eigenvalue weighted by Gasteiger charge is -2.18. The maximum Gasteiger partial charge on any atom is 0.162 e. The molecule has 5 heteroatoms. The Kier molecular flexibility index (Phi) is 3.19. The Morgan fingerprint density at radius 1 is 1.18 bits per heavy atom. The van der Waals surface area contributed by atoms with Gasteiger partial charge in [-0.1, -0.05) is 6.07 Å². The fourth-order valence-electron chi connectivity index (χ4n) is 2.80. The number of nitrogens with zero attached hydrogens (tertiary/aromatic N) is 2. The Labute approximate surface area is 133 Å². The van der Waals surface area contributed by atoms with Crippen molar-refractivity contribution in [2.24, 2.45) is 0 Å². The SMILES string of the molecule is Cc1cccn2c(CCl)c(-c3ccc4c(c3)OCCO4)nc12. The Bertz CT molecular complexity index is 857. The first-order valence-electron chi connectivity index (χ1n) is 7.20. The lowest BCUT2D eigenvalue weighted by Crippen LogP contribution is -2.15. The molecule has 2 aromatic heterocycles. The van der Waals surface area contributed by atoms with E-state index in [-0.39, 0.29) is 0 Å². The van der Waals surface area contributed by atoms with Gasteiger partial charge in [-0.15, -0.1) is 11.6 Å². The highest BCUT2D eigenvalue weighted by atomic mass is 35.5. The molecule has 0 saturated heterocycles. The highest BCUT2D eigenvalue weighted by Crippen LogP contribution is 2.36. The van der Waals surface area contributed by atoms with Gasteiger partial charge in [-0.3, -0.25) is 0 Å². The van der Waals surface area contributed by atoms with Gasteiger partial charge < -0.3 is 13.9 Å². The summed E-state index contributed by atoms with van der Waals surface area (Å²) in [6.45, 7) is 3.21. The topological polar surface area (TPSA) is 35.8 Å². The van der Waals surface area contributed by atoms with Gasteiger partial charge in [0.15, 0.2) is 11.5 Å². The molecule has 112 valence electrons. The second-order valence-corrected chi connectivity index (χ2v) is 5.55. The third-order valence-electron chi connectivity index (χ3n) is 3.89. The van der Waals surface area contributed by atoms with Crippen LogP contribution in [-0.4, -0.2) is 22.6 Å². The van der Waals surface area contributed by atoms with Crippen LogP contribution in [-0.2, 0) is 5.88 Å². The molecular formula is C17H15ClN2O2. The first kappa shape index (κ1) is 13.5. The van der Waals surface area contributed by atoms with Crippen molar-refractivity contribution in [2.45, 2.75) is 12.8 Å². The fraction of sp³-hybridized carbons (Fsp3) is 0.235. The molecule has 4 rings (SSSR count). The predicted molar refractivity (Wildman–Crippen MR) is 85.9 cm³/mol. The number of alkyl halides is 1. The summed E-state index contributed by atoms with van der Waals surface area (Å²) < 4.78 is 13.3. The van der Waals surface area contributed by atoms with Crippen LogP contribution in [0.15, 0.2) is 36.5 Å². The van der Waals surface area contributed by atoms with Gasteiger partial charge in [0.2, 0.25) is 0 Å². The van der Waals surface area contributed by atoms with Gasteiger partial charge >= 0.3 is 0 Å². The van der Waals surface area contributed by atoms with Crippen LogP contribution in [0.1, 0.15) is 11.3 Å². The van der Waals surface area contributed by atoms with Crippen molar-refractivity contribution in [3.8, 4) is 22.8 Å². The van der Waals surface area contributed by atoms with Gasteiger partial charge in [0.05, 0.1) is 17.3 Å². The number of halogens is 1. The number of pyridine rings is 1. The van der Waals surface area contributed by atoms with Crippen molar-refractivity contribution < 1.29 is 9.47 Å². The van der Waals surface area contributed by atoms with Crippen molar-refractivity contribution >= 4 is 17.2 Å². The molecule has 0 radical (unpaired) electrons. The number of hydrogen-bond donors (Lipinski definition) is 0. The Balaban J connectivity index is 1.92. The van der Waals surface area contributed by atoms with Crippen LogP contribution in [0.3, 0.4) is 0 Å². The molecule has 22 heavy (non-hydrogen) atoms. The standard InChI is InChI=1S/C17H15ClN2O2/c1-11-3-2-6-20-13(10-18)16(19-17(11)20)12-4-5-14-15(9-12)22-8-7-21-14/h2-6,9H,7-8,10H2,1H3. The number of aryl methyl sites for hydroxylation is 1. The molecule has 1 aliphatic heterocycles. The molecule has 0 N–H and O–H groups in total. The van der Waals surface area contributed by atoms with E-state index in [4.69, 9.17) is 26.1 Å². The maximum atomic E-state index is 6.18. The maximum absolute atomic E-state index is 6.18. The summed E-state index contributed by atoms with van der Waals surface area (Å²) in [4.78, 5) is 4.78. The number of fused-ring (bicyclic) bond motifs is 2. The number of imidazole rings is 1. The number of ether oxygens (including phenoxy) is 2. The van der Waals surface area contributed by atoms with Crippen molar-refractivity contribution in [3.05, 3.63) is 47.8 Å². The second-order valence-electron chi connectivity index (χ2n) is 5.28. The third-order valence-corrected chi connectivity index (χ3v) is 4.14. The van der Waals surface area contributed by atoms with E-state index in [2.05, 4.69) is 4.40 Å². The monoisotopic (exact) mass is 314 g/mol. The molecule has 3 heterocycles. The zero-order chi connectivity index (χ0) is 15.1. The van der Waals surface area contributed by atoms with Gasteiger partial charge in [-0.2, -0.15) is 0 Å². The second kappa shape index (κ2) is 5.21. The lowest BCUT2D eigenvalue weighted by atomic mass is 10.1. The molecular weight excluding hydrogens is 300 g/mol. The normalized spacial score (nSPS) is 13.5. The third kappa shape index (κ3) is 2.03. The summed E-state index contributed by atoms with van der Waals surface area (Å²) in [5, 5.41) is 0. The minimum Gasteiger partial charge on any atom is -0.486 e. The van der Waals surface area contributed by atoms with Gasteiger partial charge in [-0.05, 0) is 36.8 Å². The molecule has 0 saturated carbocycles. The average molecular weight is 315 g/mol. The lowest BCUT2D eigenvalue weighted by molar-refractivity contribution is 0.171. The van der Waals surface area contributed by atoms with E-state index in [0.29, 0.717) is 19.1 Å². The van der Waals surface area contributed by atoms with E-state index in [0.717, 1.165) is 39.7 Å². The molecule has 1 aliphatic rings. The minimum atomic E-state index is 0.397. The highest BCUT2D eigenvalue weighted by Gasteiger charge is 2.18. The van der Waals surface area contributed by atoms with Crippen molar-refractivity contribution in [3.63, 3.8) is 0 Å². The van der Waals surface area contributed by atoms with Crippen LogP contribution in [0.2, 0.25) is 0 Å². The van der Waals surface area contributed by atoms with Gasteiger partial charge in [0.25, 0.3) is 0 Å². The first-order valence-corrected chi connectivity index (χ1v) is 7.74. The zero-order valence-electron chi connectivity index (χ0n) is 12.2. The van der Waals surface area contributed by atoms with Gasteiger partial charge in [0, 0.05) is 11.8 Å². The quantitative estimate of drug-likeness (QED) is 0.675. The largest absolute Gasteiger partial charge is 0.486 e. The van der Waals surface area contributed by atoms with E-state index in [1.807, 2.05) is 43.5 Å². The Hall–Kier alpha value is -2.20. The summed E-state index contributed by atoms with van der Waals surface area (Å²) in [7, 11) is 0. The summed E-state index contributed by atoms with van der Waals surface area (Å²) in [5.74, 6) is 1.94. The van der Waals surface area contributed by atoms with E-state index in [1.54, 1.807) is 0 Å². The molecule has 0 amide bonds. The molecule has 0 atom stereocenters. The van der Waals surface area contributed by atoms with E-state index in [1.165, 1.54) is 0 Å². The Morgan fingerprint density at radius 3 is 2.82 bits per heavy atom. The fourth-order valence-corrected chi connectivity index (χ4v) is 3.06. The van der Waals surface area contributed by atoms with E-state index < -0.39 is 0 Å². The molecule has 1 aromatic carbocycles. The van der Waals surface area contributed by atoms with Crippen LogP contribution in [0.5, 0.6) is 11.5 Å².